The summed E-state index contributed by atoms with van der Waals surface area (Å²) in [5.74, 6) is 0. The monoisotopic (exact) mass is 317 g/mol. The summed E-state index contributed by atoms with van der Waals surface area (Å²) in [5, 5.41) is 13.7. The number of rotatable bonds is 9. The number of methoxy groups -OCH3 is 1. The number of benzene rings is 1. The summed E-state index contributed by atoms with van der Waals surface area (Å²) in [6.45, 7) is 0.740. The van der Waals surface area contributed by atoms with Crippen LogP contribution >= 0.6 is 0 Å². The maximum absolute atomic E-state index is 12.2. The first-order valence-electron chi connectivity index (χ1n) is 6.37. The van der Waals surface area contributed by atoms with E-state index in [-0.39, 0.29) is 17.1 Å². The second-order valence-electron chi connectivity index (χ2n) is 4.26. The quantitative estimate of drug-likeness (QED) is 0.404. The number of hydrogen-bond acceptors (Lipinski definition) is 6. The van der Waals surface area contributed by atoms with E-state index in [1.165, 1.54) is 25.2 Å². The largest absolute Gasteiger partial charge is 0.385 e. The van der Waals surface area contributed by atoms with Gasteiger partial charge in [-0.25, -0.2) is 13.1 Å². The van der Waals surface area contributed by atoms with Crippen molar-refractivity contribution < 1.29 is 18.1 Å². The number of hydrogen-bond donors (Lipinski definition) is 2. The molecule has 1 aromatic carbocycles. The Morgan fingerprint density at radius 3 is 2.62 bits per heavy atom. The third kappa shape index (κ3) is 4.66. The fourth-order valence-electron chi connectivity index (χ4n) is 1.78. The van der Waals surface area contributed by atoms with Gasteiger partial charge in [0.05, 0.1) is 4.92 Å². The average molecular weight is 317 g/mol. The highest BCUT2D eigenvalue weighted by molar-refractivity contribution is 7.89. The molecule has 0 aromatic heterocycles. The minimum atomic E-state index is -3.93. The van der Waals surface area contributed by atoms with Crippen molar-refractivity contribution in [1.29, 1.82) is 0 Å². The molecule has 0 aliphatic heterocycles. The van der Waals surface area contributed by atoms with Crippen LogP contribution in [0.15, 0.2) is 23.1 Å². The fraction of sp³-hybridized carbons (Fsp3) is 0.500. The molecule has 0 atom stereocenters. The van der Waals surface area contributed by atoms with Crippen molar-refractivity contribution in [2.24, 2.45) is 0 Å². The van der Waals surface area contributed by atoms with Crippen LogP contribution in [-0.4, -0.2) is 40.7 Å². The van der Waals surface area contributed by atoms with E-state index >= 15 is 0 Å². The highest BCUT2D eigenvalue weighted by atomic mass is 32.2. The molecule has 0 amide bonds. The topological polar surface area (TPSA) is 111 Å². The number of unbranched alkanes of at least 4 members (excludes halogenated alkanes) is 1. The number of sulfonamides is 1. The van der Waals surface area contributed by atoms with Crippen molar-refractivity contribution in [2.75, 3.05) is 32.6 Å². The van der Waals surface area contributed by atoms with Crippen LogP contribution in [0.3, 0.4) is 0 Å². The van der Waals surface area contributed by atoms with Crippen LogP contribution in [0.2, 0.25) is 0 Å². The lowest BCUT2D eigenvalue weighted by molar-refractivity contribution is -0.386. The minimum Gasteiger partial charge on any atom is -0.385 e. The Morgan fingerprint density at radius 1 is 1.33 bits per heavy atom. The second kappa shape index (κ2) is 7.91. The zero-order chi connectivity index (χ0) is 15.9. The summed E-state index contributed by atoms with van der Waals surface area (Å²) in [5.41, 5.74) is -0.299. The second-order valence-corrected chi connectivity index (χ2v) is 5.99. The molecular weight excluding hydrogens is 298 g/mol. The zero-order valence-electron chi connectivity index (χ0n) is 12.0. The van der Waals surface area contributed by atoms with Gasteiger partial charge in [0.1, 0.15) is 5.69 Å². The molecule has 0 heterocycles. The van der Waals surface area contributed by atoms with E-state index in [9.17, 15) is 18.5 Å². The van der Waals surface area contributed by atoms with Crippen molar-refractivity contribution >= 4 is 21.4 Å². The van der Waals surface area contributed by atoms with E-state index < -0.39 is 20.6 Å². The van der Waals surface area contributed by atoms with Crippen molar-refractivity contribution in [1.82, 2.24) is 4.72 Å². The highest BCUT2D eigenvalue weighted by Crippen LogP contribution is 2.31. The Labute approximate surface area is 123 Å². The smallest absolute Gasteiger partial charge is 0.312 e. The minimum absolute atomic E-state index is 0.155. The summed E-state index contributed by atoms with van der Waals surface area (Å²) in [6, 6.07) is 4.13. The van der Waals surface area contributed by atoms with E-state index in [2.05, 4.69) is 10.0 Å². The molecule has 1 rings (SSSR count). The van der Waals surface area contributed by atoms with Crippen LogP contribution in [0.25, 0.3) is 0 Å². The number of nitrogens with zero attached hydrogens (tertiary/aromatic N) is 1. The molecule has 21 heavy (non-hydrogen) atoms. The van der Waals surface area contributed by atoms with Gasteiger partial charge >= 0.3 is 5.69 Å². The lowest BCUT2D eigenvalue weighted by Crippen LogP contribution is -2.26. The molecule has 0 aliphatic rings. The van der Waals surface area contributed by atoms with E-state index in [0.717, 1.165) is 0 Å². The van der Waals surface area contributed by atoms with Crippen LogP contribution in [-0.2, 0) is 14.8 Å². The van der Waals surface area contributed by atoms with Crippen molar-refractivity contribution in [2.45, 2.75) is 17.7 Å². The molecule has 0 radical (unpaired) electrons. The van der Waals surface area contributed by atoms with E-state index in [1.54, 1.807) is 7.11 Å². The lowest BCUT2D eigenvalue weighted by atomic mass is 10.3. The van der Waals surface area contributed by atoms with Gasteiger partial charge in [0, 0.05) is 27.3 Å². The van der Waals surface area contributed by atoms with Gasteiger partial charge in [-0.1, -0.05) is 6.07 Å². The Bertz CT molecular complexity index is 589. The van der Waals surface area contributed by atoms with Crippen LogP contribution in [0.1, 0.15) is 12.8 Å². The maximum atomic E-state index is 12.2. The van der Waals surface area contributed by atoms with Crippen LogP contribution in [0, 0.1) is 10.1 Å². The third-order valence-corrected chi connectivity index (χ3v) is 4.30. The molecule has 9 heteroatoms. The molecule has 0 spiro atoms. The first-order chi connectivity index (χ1) is 9.94. The first kappa shape index (κ1) is 17.3. The number of anilines is 1. The van der Waals surface area contributed by atoms with Gasteiger partial charge in [-0.2, -0.15) is 0 Å². The number of nitro groups is 1. The number of para-hydroxylation sites is 1. The molecule has 0 aliphatic carbocycles. The first-order valence-corrected chi connectivity index (χ1v) is 7.86. The van der Waals surface area contributed by atoms with Gasteiger partial charge in [0.25, 0.3) is 0 Å². The fourth-order valence-corrected chi connectivity index (χ4v) is 3.05. The van der Waals surface area contributed by atoms with Crippen LogP contribution < -0.4 is 10.0 Å². The maximum Gasteiger partial charge on any atom is 0.312 e. The summed E-state index contributed by atoms with van der Waals surface area (Å²) in [4.78, 5) is 10.1. The van der Waals surface area contributed by atoms with E-state index in [4.69, 9.17) is 4.74 Å². The predicted octanol–water partition coefficient (Wildman–Crippen LogP) is 1.34. The third-order valence-electron chi connectivity index (χ3n) is 2.81. The standard InChI is InChI=1S/C12H19N3O5S/c1-13-10-6-5-7-11(12(10)15(16)17)21(18,19)14-8-3-4-9-20-2/h5-7,13-14H,3-4,8-9H2,1-2H3. The predicted molar refractivity (Wildman–Crippen MR) is 78.9 cm³/mol. The van der Waals surface area contributed by atoms with Crippen LogP contribution in [0.4, 0.5) is 11.4 Å². The van der Waals surface area contributed by atoms with Gasteiger partial charge in [-0.3, -0.25) is 10.1 Å². The van der Waals surface area contributed by atoms with Gasteiger partial charge in [0.2, 0.25) is 10.0 Å². The summed E-state index contributed by atoms with van der Waals surface area (Å²) >= 11 is 0. The molecular formula is C12H19N3O5S. The van der Waals surface area contributed by atoms with Gasteiger partial charge in [0.15, 0.2) is 4.90 Å². The van der Waals surface area contributed by atoms with E-state index in [0.29, 0.717) is 19.4 Å². The molecule has 0 saturated carbocycles. The van der Waals surface area contributed by atoms with Gasteiger partial charge < -0.3 is 10.1 Å². The Balaban J connectivity index is 2.95. The molecule has 8 nitrogen and oxygen atoms in total. The molecule has 1 aromatic rings. The SMILES string of the molecule is CNc1cccc(S(=O)(=O)NCCCCOC)c1[N+](=O)[O-]. The zero-order valence-corrected chi connectivity index (χ0v) is 12.8. The Hall–Kier alpha value is -1.71. The van der Waals surface area contributed by atoms with Crippen molar-refractivity contribution in [3.8, 4) is 0 Å². The summed E-state index contributed by atoms with van der Waals surface area (Å²) in [7, 11) is -0.865. The lowest BCUT2D eigenvalue weighted by Gasteiger charge is -2.09. The molecule has 0 saturated heterocycles. The molecule has 0 fully saturated rings. The molecule has 0 unspecified atom stereocenters. The van der Waals surface area contributed by atoms with Crippen molar-refractivity contribution in [3.05, 3.63) is 28.3 Å². The summed E-state index contributed by atoms with van der Waals surface area (Å²) < 4.78 is 31.6. The van der Waals surface area contributed by atoms with E-state index in [1.807, 2.05) is 0 Å². The Kier molecular flexibility index (Phi) is 6.53. The Morgan fingerprint density at radius 2 is 2.05 bits per heavy atom. The number of ether oxygens (including phenoxy) is 1. The number of nitrogens with one attached hydrogen (secondary N) is 2. The average Bonchev–Trinajstić information content (AvgIpc) is 2.46. The van der Waals surface area contributed by atoms with Gasteiger partial charge in [-0.15, -0.1) is 0 Å². The summed E-state index contributed by atoms with van der Waals surface area (Å²) in [6.07, 6.45) is 1.30. The molecule has 118 valence electrons. The van der Waals surface area contributed by atoms with Crippen LogP contribution in [0.5, 0.6) is 0 Å². The van der Waals surface area contributed by atoms with Gasteiger partial charge in [-0.05, 0) is 25.0 Å². The number of nitro benzene ring substituents is 1. The highest BCUT2D eigenvalue weighted by Gasteiger charge is 2.28. The normalized spacial score (nSPS) is 11.3. The molecule has 0 bridgehead atoms. The van der Waals surface area contributed by atoms with Crippen molar-refractivity contribution in [3.63, 3.8) is 0 Å². The molecule has 2 N–H and O–H groups in total.